The lowest BCUT2D eigenvalue weighted by atomic mass is 10.1. The molecule has 0 amide bonds. The first-order valence-electron chi connectivity index (χ1n) is 19.0. The van der Waals surface area contributed by atoms with Crippen molar-refractivity contribution in [2.24, 2.45) is 0 Å². The van der Waals surface area contributed by atoms with Gasteiger partial charge in [0.05, 0.1) is 0 Å². The Kier molecular flexibility index (Phi) is 35.1. The van der Waals surface area contributed by atoms with E-state index in [0.29, 0.717) is 12.8 Å². The second-order valence-electron chi connectivity index (χ2n) is 12.7. The molecule has 0 bridgehead atoms. The Balaban J connectivity index is 3.48. The van der Waals surface area contributed by atoms with Gasteiger partial charge < -0.3 is 14.6 Å². The number of hydrogen-bond acceptors (Lipinski definition) is 5. The van der Waals surface area contributed by atoms with Gasteiger partial charge in [0, 0.05) is 12.8 Å². The van der Waals surface area contributed by atoms with Gasteiger partial charge in [-0.3, -0.25) is 9.59 Å². The lowest BCUT2D eigenvalue weighted by Crippen LogP contribution is -2.25. The van der Waals surface area contributed by atoms with E-state index in [1.807, 2.05) is 0 Å². The first-order valence-corrected chi connectivity index (χ1v) is 19.0. The summed E-state index contributed by atoms with van der Waals surface area (Å²) in [5.41, 5.74) is 0. The smallest absolute Gasteiger partial charge is 0.305 e. The van der Waals surface area contributed by atoms with Gasteiger partial charge in [0.15, 0.2) is 0 Å². The van der Waals surface area contributed by atoms with Crippen LogP contribution in [-0.2, 0) is 19.1 Å². The molecule has 0 aromatic heterocycles. The minimum atomic E-state index is -0.971. The minimum absolute atomic E-state index is 0.124. The molecule has 45 heavy (non-hydrogen) atoms. The van der Waals surface area contributed by atoms with Crippen LogP contribution >= 0.6 is 0 Å². The van der Waals surface area contributed by atoms with E-state index in [4.69, 9.17) is 9.47 Å². The molecule has 5 heteroatoms. The maximum atomic E-state index is 11.9. The fraction of sp³-hybridized carbons (Fsp3) is 0.800. The van der Waals surface area contributed by atoms with Crippen LogP contribution in [0.5, 0.6) is 0 Å². The number of esters is 2. The molecule has 0 unspecified atom stereocenters. The summed E-state index contributed by atoms with van der Waals surface area (Å²) in [7, 11) is 0. The summed E-state index contributed by atoms with van der Waals surface area (Å²) in [5.74, 6) is -0.589. The van der Waals surface area contributed by atoms with Gasteiger partial charge in [0.25, 0.3) is 0 Å². The number of aliphatic hydroxyl groups is 1. The Morgan fingerprint density at radius 1 is 0.467 bits per heavy atom. The third kappa shape index (κ3) is 36.5. The molecular weight excluding hydrogens is 560 g/mol. The SMILES string of the molecule is CCCCCC/C=C\C/C=C\CCCCCCCC(=O)OC[C@H](O)COC(=O)CCCCCCC/C=C\CCCCCCCC. The summed E-state index contributed by atoms with van der Waals surface area (Å²) in [4.78, 5) is 23.9. The van der Waals surface area contributed by atoms with Crippen LogP contribution in [0.1, 0.15) is 187 Å². The van der Waals surface area contributed by atoms with Crippen LogP contribution < -0.4 is 0 Å². The average Bonchev–Trinajstić information content (AvgIpc) is 3.04. The van der Waals surface area contributed by atoms with Crippen molar-refractivity contribution in [2.75, 3.05) is 13.2 Å². The van der Waals surface area contributed by atoms with E-state index < -0.39 is 6.10 Å². The van der Waals surface area contributed by atoms with Gasteiger partial charge in [0.2, 0.25) is 0 Å². The molecule has 262 valence electrons. The zero-order valence-electron chi connectivity index (χ0n) is 29.6. The highest BCUT2D eigenvalue weighted by Gasteiger charge is 2.12. The quantitative estimate of drug-likeness (QED) is 0.0434. The molecule has 0 rings (SSSR count). The summed E-state index contributed by atoms with van der Waals surface area (Å²) < 4.78 is 10.3. The molecule has 0 aromatic rings. The molecule has 1 N–H and O–H groups in total. The zero-order chi connectivity index (χ0) is 32.9. The predicted molar refractivity (Wildman–Crippen MR) is 191 cm³/mol. The van der Waals surface area contributed by atoms with Crippen LogP contribution in [0, 0.1) is 0 Å². The average molecular weight is 633 g/mol. The molecule has 0 saturated heterocycles. The molecular formula is C40H72O5. The first-order chi connectivity index (χ1) is 22.1. The Labute approximate surface area is 278 Å². The van der Waals surface area contributed by atoms with Crippen molar-refractivity contribution in [3.8, 4) is 0 Å². The summed E-state index contributed by atoms with van der Waals surface area (Å²) in [6.07, 6.45) is 43.3. The largest absolute Gasteiger partial charge is 0.463 e. The van der Waals surface area contributed by atoms with Crippen LogP contribution in [0.4, 0.5) is 0 Å². The maximum Gasteiger partial charge on any atom is 0.305 e. The van der Waals surface area contributed by atoms with E-state index in [1.54, 1.807) is 0 Å². The molecule has 0 radical (unpaired) electrons. The maximum absolute atomic E-state index is 11.9. The van der Waals surface area contributed by atoms with Gasteiger partial charge in [-0.15, -0.1) is 0 Å². The zero-order valence-corrected chi connectivity index (χ0v) is 29.6. The van der Waals surface area contributed by atoms with Crippen LogP contribution in [0.3, 0.4) is 0 Å². The van der Waals surface area contributed by atoms with Crippen LogP contribution in [0.15, 0.2) is 36.5 Å². The van der Waals surface area contributed by atoms with Crippen molar-refractivity contribution >= 4 is 11.9 Å². The van der Waals surface area contributed by atoms with Crippen molar-refractivity contribution in [1.29, 1.82) is 0 Å². The number of hydrogen-bond donors (Lipinski definition) is 1. The summed E-state index contributed by atoms with van der Waals surface area (Å²) in [5, 5.41) is 9.99. The van der Waals surface area contributed by atoms with Crippen LogP contribution in [0.2, 0.25) is 0 Å². The van der Waals surface area contributed by atoms with E-state index in [0.717, 1.165) is 57.8 Å². The highest BCUT2D eigenvalue weighted by atomic mass is 16.6. The predicted octanol–water partition coefficient (Wildman–Crippen LogP) is 11.7. The number of carbonyl (C=O) groups excluding carboxylic acids is 2. The highest BCUT2D eigenvalue weighted by molar-refractivity contribution is 5.69. The van der Waals surface area contributed by atoms with Crippen molar-refractivity contribution in [3.63, 3.8) is 0 Å². The number of rotatable bonds is 34. The molecule has 0 saturated carbocycles. The number of carbonyl (C=O) groups is 2. The van der Waals surface area contributed by atoms with E-state index in [1.165, 1.54) is 103 Å². The Bertz CT molecular complexity index is 726. The molecule has 0 aliphatic heterocycles. The topological polar surface area (TPSA) is 72.8 Å². The fourth-order valence-corrected chi connectivity index (χ4v) is 5.17. The lowest BCUT2D eigenvalue weighted by molar-refractivity contribution is -0.152. The minimum Gasteiger partial charge on any atom is -0.463 e. The highest BCUT2D eigenvalue weighted by Crippen LogP contribution is 2.11. The lowest BCUT2D eigenvalue weighted by Gasteiger charge is -2.12. The van der Waals surface area contributed by atoms with Gasteiger partial charge >= 0.3 is 11.9 Å². The Hall–Kier alpha value is -1.88. The van der Waals surface area contributed by atoms with Crippen molar-refractivity contribution in [3.05, 3.63) is 36.5 Å². The molecule has 0 heterocycles. The Morgan fingerprint density at radius 2 is 0.778 bits per heavy atom. The monoisotopic (exact) mass is 633 g/mol. The number of unbranched alkanes of at least 4 members (excludes halogenated alkanes) is 20. The van der Waals surface area contributed by atoms with E-state index >= 15 is 0 Å². The second kappa shape index (κ2) is 36.6. The first kappa shape index (κ1) is 43.1. The van der Waals surface area contributed by atoms with Crippen molar-refractivity contribution in [2.45, 2.75) is 193 Å². The van der Waals surface area contributed by atoms with E-state index in [2.05, 4.69) is 50.3 Å². The number of allylic oxidation sites excluding steroid dienone is 6. The number of ether oxygens (including phenoxy) is 2. The molecule has 0 aliphatic carbocycles. The molecule has 0 aromatic carbocycles. The van der Waals surface area contributed by atoms with Gasteiger partial charge in [-0.1, -0.05) is 140 Å². The van der Waals surface area contributed by atoms with Crippen molar-refractivity contribution < 1.29 is 24.2 Å². The fourth-order valence-electron chi connectivity index (χ4n) is 5.17. The molecule has 0 spiro atoms. The molecule has 0 fully saturated rings. The van der Waals surface area contributed by atoms with Crippen LogP contribution in [0.25, 0.3) is 0 Å². The molecule has 0 aliphatic rings. The van der Waals surface area contributed by atoms with E-state index in [-0.39, 0.29) is 25.2 Å². The van der Waals surface area contributed by atoms with Crippen molar-refractivity contribution in [1.82, 2.24) is 0 Å². The van der Waals surface area contributed by atoms with Gasteiger partial charge in [-0.25, -0.2) is 0 Å². The summed E-state index contributed by atoms with van der Waals surface area (Å²) in [6.45, 7) is 4.25. The summed E-state index contributed by atoms with van der Waals surface area (Å²) >= 11 is 0. The molecule has 5 nitrogen and oxygen atoms in total. The van der Waals surface area contributed by atoms with Crippen LogP contribution in [-0.4, -0.2) is 36.4 Å². The second-order valence-corrected chi connectivity index (χ2v) is 12.7. The summed E-state index contributed by atoms with van der Waals surface area (Å²) in [6, 6.07) is 0. The van der Waals surface area contributed by atoms with Gasteiger partial charge in [-0.05, 0) is 70.6 Å². The third-order valence-electron chi connectivity index (χ3n) is 8.10. The normalized spacial score (nSPS) is 12.5. The molecule has 1 atom stereocenters. The van der Waals surface area contributed by atoms with E-state index in [9.17, 15) is 14.7 Å². The Morgan fingerprint density at radius 3 is 1.18 bits per heavy atom. The van der Waals surface area contributed by atoms with Gasteiger partial charge in [-0.2, -0.15) is 0 Å². The number of aliphatic hydroxyl groups excluding tert-OH is 1. The standard InChI is InChI=1S/C40H72O5/c1-3-5-7-9-11-13-15-17-19-21-23-25-27-29-31-33-35-40(43)45-37-38(41)36-44-39(42)34-32-30-28-26-24-22-20-18-16-14-12-10-8-6-4-2/h13,15,18-21,38,41H,3-12,14,16-17,22-37H2,1-2H3/b15-13-,20-18-,21-19-/t38-/m1/s1. The van der Waals surface area contributed by atoms with Gasteiger partial charge in [0.1, 0.15) is 19.3 Å². The third-order valence-corrected chi connectivity index (χ3v) is 8.10.